The lowest BCUT2D eigenvalue weighted by Crippen LogP contribution is -2.49. The summed E-state index contributed by atoms with van der Waals surface area (Å²) in [7, 11) is 0. The Balaban J connectivity index is 0.00000306. The number of hydrogen-bond donors (Lipinski definition) is 2. The van der Waals surface area contributed by atoms with Gasteiger partial charge < -0.3 is 19.9 Å². The number of nitrogens with one attached hydrogen (secondary N) is 1. The van der Waals surface area contributed by atoms with Crippen molar-refractivity contribution in [3.63, 3.8) is 0 Å². The number of hydrogen-bond acceptors (Lipinski definition) is 5. The molecule has 0 spiro atoms. The lowest BCUT2D eigenvalue weighted by molar-refractivity contribution is 0.0304. The number of benzene rings is 3. The van der Waals surface area contributed by atoms with Crippen LogP contribution in [0.5, 0.6) is 23.0 Å². The molecule has 176 valence electrons. The van der Waals surface area contributed by atoms with Crippen LogP contribution in [0.4, 0.5) is 0 Å². The maximum Gasteiger partial charge on any atom is 0.170 e. The highest BCUT2D eigenvalue weighted by Crippen LogP contribution is 2.43. The molecule has 0 bridgehead atoms. The number of aliphatic hydroxyl groups is 1. The zero-order valence-electron chi connectivity index (χ0n) is 19.2. The molecule has 4 rings (SSSR count). The van der Waals surface area contributed by atoms with E-state index < -0.39 is 0 Å². The Morgan fingerprint density at radius 3 is 1.94 bits per heavy atom. The van der Waals surface area contributed by atoms with Crippen LogP contribution in [0.15, 0.2) is 78.9 Å². The molecule has 2 N–H and O–H groups in total. The third-order valence-electron chi connectivity index (χ3n) is 5.89. The molecule has 0 aliphatic carbocycles. The summed E-state index contributed by atoms with van der Waals surface area (Å²) in [6, 6.07) is 25.7. The molecule has 3 aromatic rings. The average Bonchev–Trinajstić information content (AvgIpc) is 2.83. The van der Waals surface area contributed by atoms with E-state index in [0.29, 0.717) is 11.5 Å². The summed E-state index contributed by atoms with van der Waals surface area (Å²) in [5, 5.41) is 13.6. The fourth-order valence-corrected chi connectivity index (χ4v) is 4.27. The molecule has 0 unspecified atom stereocenters. The van der Waals surface area contributed by atoms with E-state index in [4.69, 9.17) is 9.47 Å². The van der Waals surface area contributed by atoms with Gasteiger partial charge in [0.15, 0.2) is 11.5 Å². The van der Waals surface area contributed by atoms with Crippen LogP contribution in [0.1, 0.15) is 25.5 Å². The van der Waals surface area contributed by atoms with Gasteiger partial charge in [0, 0.05) is 44.2 Å². The summed E-state index contributed by atoms with van der Waals surface area (Å²) in [6.07, 6.45) is 0. The molecule has 3 aromatic carbocycles. The minimum absolute atomic E-state index is 0. The number of piperazine rings is 1. The van der Waals surface area contributed by atoms with Gasteiger partial charge in [-0.1, -0.05) is 56.3 Å². The van der Waals surface area contributed by atoms with E-state index in [1.54, 1.807) is 0 Å². The Hall–Kier alpha value is -2.57. The number of ether oxygens (including phenoxy) is 2. The molecule has 1 aliphatic heterocycles. The van der Waals surface area contributed by atoms with Crippen LogP contribution < -0.4 is 14.8 Å². The van der Waals surface area contributed by atoms with Crippen molar-refractivity contribution in [1.82, 2.24) is 10.2 Å². The van der Waals surface area contributed by atoms with Crippen LogP contribution in [0, 0.1) is 5.41 Å². The number of para-hydroxylation sites is 2. The van der Waals surface area contributed by atoms with Gasteiger partial charge in [0.2, 0.25) is 0 Å². The zero-order chi connectivity index (χ0) is 22.4. The summed E-state index contributed by atoms with van der Waals surface area (Å²) in [4.78, 5) is 2.45. The first-order valence-electron chi connectivity index (χ1n) is 11.2. The summed E-state index contributed by atoms with van der Waals surface area (Å²) < 4.78 is 12.5. The molecule has 0 saturated carbocycles. The van der Waals surface area contributed by atoms with Gasteiger partial charge in [-0.2, -0.15) is 0 Å². The van der Waals surface area contributed by atoms with Crippen LogP contribution >= 0.6 is 12.4 Å². The van der Waals surface area contributed by atoms with Crippen LogP contribution in [0.3, 0.4) is 0 Å². The first kappa shape index (κ1) is 25.1. The number of nitrogens with zero attached hydrogens (tertiary/aromatic N) is 1. The molecule has 1 atom stereocenters. The van der Waals surface area contributed by atoms with Gasteiger partial charge in [-0.25, -0.2) is 0 Å². The van der Waals surface area contributed by atoms with E-state index in [-0.39, 0.29) is 30.5 Å². The number of halogens is 1. The Bertz CT molecular complexity index is 993. The second kappa shape index (κ2) is 11.5. The Kier molecular flexibility index (Phi) is 8.75. The van der Waals surface area contributed by atoms with E-state index in [0.717, 1.165) is 43.2 Å². The Morgan fingerprint density at radius 1 is 0.848 bits per heavy atom. The molecular weight excluding hydrogens is 436 g/mol. The van der Waals surface area contributed by atoms with Crippen molar-refractivity contribution in [2.45, 2.75) is 19.9 Å². The summed E-state index contributed by atoms with van der Waals surface area (Å²) in [5.74, 6) is 2.83. The predicted octanol–water partition coefficient (Wildman–Crippen LogP) is 5.66. The largest absolute Gasteiger partial charge is 0.453 e. The fourth-order valence-electron chi connectivity index (χ4n) is 4.27. The monoisotopic (exact) mass is 468 g/mol. The van der Waals surface area contributed by atoms with Crippen molar-refractivity contribution in [2.75, 3.05) is 32.8 Å². The maximum absolute atomic E-state index is 10.2. The molecule has 33 heavy (non-hydrogen) atoms. The van der Waals surface area contributed by atoms with E-state index >= 15 is 0 Å². The van der Waals surface area contributed by atoms with Crippen molar-refractivity contribution in [3.8, 4) is 23.0 Å². The topological polar surface area (TPSA) is 54.0 Å². The van der Waals surface area contributed by atoms with Crippen LogP contribution in [0.25, 0.3) is 0 Å². The first-order chi connectivity index (χ1) is 15.6. The first-order valence-corrected chi connectivity index (χ1v) is 11.2. The van der Waals surface area contributed by atoms with Crippen molar-refractivity contribution in [2.24, 2.45) is 5.41 Å². The molecule has 1 heterocycles. The summed E-state index contributed by atoms with van der Waals surface area (Å²) >= 11 is 0. The minimum atomic E-state index is -0.316. The molecule has 0 amide bonds. The van der Waals surface area contributed by atoms with E-state index in [9.17, 15) is 5.11 Å². The van der Waals surface area contributed by atoms with Crippen molar-refractivity contribution < 1.29 is 14.6 Å². The lowest BCUT2D eigenvalue weighted by atomic mass is 9.79. The molecule has 1 aliphatic rings. The molecule has 1 saturated heterocycles. The lowest BCUT2D eigenvalue weighted by Gasteiger charge is -2.43. The van der Waals surface area contributed by atoms with Crippen LogP contribution in [-0.2, 0) is 0 Å². The standard InChI is InChI=1S/C27H32N2O3.ClH/c1-27(2,20-30)26(29-17-15-28-16-18-29)21-13-14-24(31-22-9-5-3-6-10-22)25(19-21)32-23-11-7-4-8-12-23;/h3-14,19,26,28,30H,15-18,20H2,1-2H3;1H/t26-;/m0./s1. The normalized spacial score (nSPS) is 15.4. The zero-order valence-corrected chi connectivity index (χ0v) is 20.1. The molecule has 1 fully saturated rings. The SMILES string of the molecule is CC(C)(CO)[C@H](c1ccc(Oc2ccccc2)c(Oc2ccccc2)c1)N1CCNCC1.Cl. The van der Waals surface area contributed by atoms with Gasteiger partial charge >= 0.3 is 0 Å². The Morgan fingerprint density at radius 2 is 1.39 bits per heavy atom. The van der Waals surface area contributed by atoms with Gasteiger partial charge in [-0.3, -0.25) is 4.90 Å². The molecule has 6 heteroatoms. The third-order valence-corrected chi connectivity index (χ3v) is 5.89. The van der Waals surface area contributed by atoms with E-state index in [1.807, 2.05) is 66.7 Å². The highest BCUT2D eigenvalue weighted by atomic mass is 35.5. The van der Waals surface area contributed by atoms with Gasteiger partial charge in [0.25, 0.3) is 0 Å². The van der Waals surface area contributed by atoms with Crippen LogP contribution in [-0.4, -0.2) is 42.8 Å². The number of rotatable bonds is 8. The third kappa shape index (κ3) is 6.27. The van der Waals surface area contributed by atoms with Gasteiger partial charge in [-0.15, -0.1) is 12.4 Å². The minimum Gasteiger partial charge on any atom is -0.453 e. The highest BCUT2D eigenvalue weighted by molar-refractivity contribution is 5.85. The van der Waals surface area contributed by atoms with E-state index in [1.165, 1.54) is 0 Å². The average molecular weight is 469 g/mol. The molecule has 5 nitrogen and oxygen atoms in total. The van der Waals surface area contributed by atoms with Crippen LogP contribution in [0.2, 0.25) is 0 Å². The predicted molar refractivity (Wildman–Crippen MR) is 135 cm³/mol. The van der Waals surface area contributed by atoms with Crippen molar-refractivity contribution in [3.05, 3.63) is 84.4 Å². The summed E-state index contributed by atoms with van der Waals surface area (Å²) in [5.41, 5.74) is 0.792. The molecule has 0 aromatic heterocycles. The second-order valence-corrected chi connectivity index (χ2v) is 8.87. The highest BCUT2D eigenvalue weighted by Gasteiger charge is 2.36. The maximum atomic E-state index is 10.2. The van der Waals surface area contributed by atoms with Crippen molar-refractivity contribution in [1.29, 1.82) is 0 Å². The molecular formula is C27H33ClN2O3. The molecule has 0 radical (unpaired) electrons. The fraction of sp³-hybridized carbons (Fsp3) is 0.333. The quantitative estimate of drug-likeness (QED) is 0.447. The van der Waals surface area contributed by atoms with E-state index in [2.05, 4.69) is 36.2 Å². The number of aliphatic hydroxyl groups excluding tert-OH is 1. The van der Waals surface area contributed by atoms with Gasteiger partial charge in [0.05, 0.1) is 0 Å². The van der Waals surface area contributed by atoms with Crippen molar-refractivity contribution >= 4 is 12.4 Å². The van der Waals surface area contributed by atoms with Gasteiger partial charge in [0.1, 0.15) is 11.5 Å². The summed E-state index contributed by atoms with van der Waals surface area (Å²) in [6.45, 7) is 8.09. The Labute approximate surface area is 202 Å². The second-order valence-electron chi connectivity index (χ2n) is 8.87. The van der Waals surface area contributed by atoms with Gasteiger partial charge in [-0.05, 0) is 42.0 Å². The smallest absolute Gasteiger partial charge is 0.170 e.